The van der Waals surface area contributed by atoms with Gasteiger partial charge < -0.3 is 29.3 Å². The topological polar surface area (TPSA) is 80.3 Å². The van der Waals surface area contributed by atoms with Crippen LogP contribution in [0.4, 0.5) is 11.4 Å². The van der Waals surface area contributed by atoms with E-state index in [9.17, 15) is 9.59 Å². The molecule has 0 atom stereocenters. The summed E-state index contributed by atoms with van der Waals surface area (Å²) in [7, 11) is 3.13. The molecule has 1 N–H and O–H groups in total. The Balaban J connectivity index is 1.28. The Morgan fingerprint density at radius 3 is 2.11 bits per heavy atom. The number of halogens is 1. The van der Waals surface area contributed by atoms with Gasteiger partial charge in [-0.1, -0.05) is 11.6 Å². The van der Waals surface area contributed by atoms with E-state index in [1.54, 1.807) is 50.6 Å². The summed E-state index contributed by atoms with van der Waals surface area (Å²) >= 11 is 6.02. The van der Waals surface area contributed by atoms with Gasteiger partial charge in [0.25, 0.3) is 11.8 Å². The molecule has 0 saturated carbocycles. The van der Waals surface area contributed by atoms with Crippen LogP contribution in [0.25, 0.3) is 0 Å². The zero-order chi connectivity index (χ0) is 26.4. The first kappa shape index (κ1) is 26.2. The molecular weight excluding hydrogens is 494 g/mol. The molecule has 0 aromatic heterocycles. The zero-order valence-corrected chi connectivity index (χ0v) is 21.9. The highest BCUT2D eigenvalue weighted by atomic mass is 35.5. The van der Waals surface area contributed by atoms with Gasteiger partial charge in [-0.05, 0) is 67.1 Å². The van der Waals surface area contributed by atoms with E-state index in [1.165, 1.54) is 0 Å². The first-order valence-electron chi connectivity index (χ1n) is 11.9. The van der Waals surface area contributed by atoms with Crippen LogP contribution in [-0.2, 0) is 4.79 Å². The van der Waals surface area contributed by atoms with E-state index in [-0.39, 0.29) is 18.4 Å². The predicted octanol–water partition coefficient (Wildman–Crippen LogP) is 4.65. The summed E-state index contributed by atoms with van der Waals surface area (Å²) in [5, 5.41) is 3.50. The van der Waals surface area contributed by atoms with E-state index in [2.05, 4.69) is 10.2 Å². The average Bonchev–Trinajstić information content (AvgIpc) is 2.93. The van der Waals surface area contributed by atoms with Gasteiger partial charge in [0.1, 0.15) is 17.2 Å². The molecule has 1 aliphatic rings. The van der Waals surface area contributed by atoms with Crippen LogP contribution in [0.1, 0.15) is 15.9 Å². The Morgan fingerprint density at radius 2 is 1.51 bits per heavy atom. The van der Waals surface area contributed by atoms with Gasteiger partial charge in [0.2, 0.25) is 0 Å². The number of nitrogens with one attached hydrogen (secondary N) is 1. The summed E-state index contributed by atoms with van der Waals surface area (Å²) < 4.78 is 16.1. The minimum atomic E-state index is -0.248. The van der Waals surface area contributed by atoms with Crippen molar-refractivity contribution in [1.82, 2.24) is 4.90 Å². The second-order valence-corrected chi connectivity index (χ2v) is 9.08. The number of carbonyl (C=O) groups excluding carboxylic acids is 2. The number of hydrogen-bond acceptors (Lipinski definition) is 6. The molecule has 194 valence electrons. The second kappa shape index (κ2) is 11.9. The molecular formula is C28H30ClN3O5. The molecule has 0 aliphatic carbocycles. The average molecular weight is 524 g/mol. The van der Waals surface area contributed by atoms with Crippen molar-refractivity contribution in [1.29, 1.82) is 0 Å². The van der Waals surface area contributed by atoms with Crippen molar-refractivity contribution in [3.63, 3.8) is 0 Å². The van der Waals surface area contributed by atoms with Gasteiger partial charge in [0.05, 0.1) is 14.2 Å². The normalized spacial score (nSPS) is 13.2. The molecule has 3 aromatic carbocycles. The van der Waals surface area contributed by atoms with Gasteiger partial charge in [-0.25, -0.2) is 0 Å². The fraction of sp³-hybridized carbons (Fsp3) is 0.286. The highest BCUT2D eigenvalue weighted by Gasteiger charge is 2.23. The van der Waals surface area contributed by atoms with Crippen LogP contribution in [0, 0.1) is 6.92 Å². The molecule has 3 aromatic rings. The number of rotatable bonds is 8. The highest BCUT2D eigenvalue weighted by Crippen LogP contribution is 2.25. The summed E-state index contributed by atoms with van der Waals surface area (Å²) in [4.78, 5) is 29.4. The lowest BCUT2D eigenvalue weighted by atomic mass is 10.1. The fourth-order valence-electron chi connectivity index (χ4n) is 4.09. The third kappa shape index (κ3) is 6.65. The van der Waals surface area contributed by atoms with E-state index >= 15 is 0 Å². The van der Waals surface area contributed by atoms with E-state index in [4.69, 9.17) is 25.8 Å². The molecule has 1 aliphatic heterocycles. The number of piperazine rings is 1. The molecule has 2 amide bonds. The van der Waals surface area contributed by atoms with Crippen molar-refractivity contribution in [2.45, 2.75) is 6.92 Å². The highest BCUT2D eigenvalue weighted by molar-refractivity contribution is 6.31. The van der Waals surface area contributed by atoms with E-state index in [0.29, 0.717) is 59.7 Å². The van der Waals surface area contributed by atoms with Gasteiger partial charge in [0, 0.05) is 54.2 Å². The van der Waals surface area contributed by atoms with Crippen molar-refractivity contribution >= 4 is 34.8 Å². The maximum atomic E-state index is 13.0. The van der Waals surface area contributed by atoms with Gasteiger partial charge in [0.15, 0.2) is 6.61 Å². The number of methoxy groups -OCH3 is 2. The van der Waals surface area contributed by atoms with E-state index in [0.717, 1.165) is 11.3 Å². The first-order valence-corrected chi connectivity index (χ1v) is 12.3. The Bertz CT molecular complexity index is 1230. The fourth-order valence-corrected chi connectivity index (χ4v) is 4.21. The molecule has 0 bridgehead atoms. The predicted molar refractivity (Wildman–Crippen MR) is 144 cm³/mol. The Labute approximate surface area is 221 Å². The lowest BCUT2D eigenvalue weighted by Crippen LogP contribution is -2.48. The molecule has 1 fully saturated rings. The van der Waals surface area contributed by atoms with Gasteiger partial charge in [-0.3, -0.25) is 9.59 Å². The van der Waals surface area contributed by atoms with Crippen LogP contribution in [0.5, 0.6) is 17.2 Å². The number of benzene rings is 3. The van der Waals surface area contributed by atoms with Crippen LogP contribution in [0.3, 0.4) is 0 Å². The van der Waals surface area contributed by atoms with Crippen LogP contribution in [0.15, 0.2) is 60.7 Å². The Hall–Kier alpha value is -3.91. The monoisotopic (exact) mass is 523 g/mol. The van der Waals surface area contributed by atoms with Gasteiger partial charge in [-0.2, -0.15) is 0 Å². The van der Waals surface area contributed by atoms with Crippen molar-refractivity contribution in [3.8, 4) is 17.2 Å². The molecule has 8 nitrogen and oxygen atoms in total. The van der Waals surface area contributed by atoms with Gasteiger partial charge in [-0.15, -0.1) is 0 Å². The summed E-state index contributed by atoms with van der Waals surface area (Å²) in [6, 6.07) is 18.1. The molecule has 1 heterocycles. The quantitative estimate of drug-likeness (QED) is 0.463. The maximum absolute atomic E-state index is 13.0. The molecule has 0 radical (unpaired) electrons. The van der Waals surface area contributed by atoms with Crippen molar-refractivity contribution < 1.29 is 23.8 Å². The van der Waals surface area contributed by atoms with Crippen LogP contribution in [0.2, 0.25) is 5.02 Å². The third-order valence-electron chi connectivity index (χ3n) is 6.18. The minimum Gasteiger partial charge on any atom is -0.497 e. The first-order chi connectivity index (χ1) is 17.9. The number of aryl methyl sites for hydroxylation is 1. The van der Waals surface area contributed by atoms with Crippen LogP contribution >= 0.6 is 11.6 Å². The van der Waals surface area contributed by atoms with Crippen molar-refractivity contribution in [3.05, 3.63) is 76.8 Å². The van der Waals surface area contributed by atoms with Crippen molar-refractivity contribution in [2.75, 3.05) is 57.2 Å². The summed E-state index contributed by atoms with van der Waals surface area (Å²) in [6.07, 6.45) is 0. The Kier molecular flexibility index (Phi) is 8.40. The lowest BCUT2D eigenvalue weighted by molar-refractivity contribution is -0.118. The lowest BCUT2D eigenvalue weighted by Gasteiger charge is -2.36. The van der Waals surface area contributed by atoms with Crippen molar-refractivity contribution in [2.24, 2.45) is 0 Å². The van der Waals surface area contributed by atoms with E-state index in [1.807, 2.05) is 36.1 Å². The van der Waals surface area contributed by atoms with Crippen LogP contribution < -0.4 is 24.4 Å². The number of nitrogens with zero attached hydrogens (tertiary/aromatic N) is 2. The third-order valence-corrected chi connectivity index (χ3v) is 6.60. The molecule has 37 heavy (non-hydrogen) atoms. The smallest absolute Gasteiger partial charge is 0.262 e. The van der Waals surface area contributed by atoms with E-state index < -0.39 is 0 Å². The molecule has 0 spiro atoms. The largest absolute Gasteiger partial charge is 0.497 e. The Morgan fingerprint density at radius 1 is 0.865 bits per heavy atom. The number of hydrogen-bond donors (Lipinski definition) is 1. The standard InChI is InChI=1S/C28H30ClN3O5/c1-19-14-23(8-9-26(19)29)37-18-27(33)30-21-4-6-22(7-5-21)31-10-12-32(13-11-31)28(34)20-15-24(35-2)17-25(16-20)36-3/h4-9,14-17H,10-13,18H2,1-3H3,(H,30,33). The zero-order valence-electron chi connectivity index (χ0n) is 21.1. The SMILES string of the molecule is COc1cc(OC)cc(C(=O)N2CCN(c3ccc(NC(=O)COc4ccc(Cl)c(C)c4)cc3)CC2)c1. The number of amides is 2. The second-order valence-electron chi connectivity index (χ2n) is 8.68. The number of carbonyl (C=O) groups is 2. The summed E-state index contributed by atoms with van der Waals surface area (Å²) in [6.45, 7) is 4.38. The molecule has 0 unspecified atom stereocenters. The maximum Gasteiger partial charge on any atom is 0.262 e. The number of anilines is 2. The summed E-state index contributed by atoms with van der Waals surface area (Å²) in [5.41, 5.74) is 3.15. The van der Waals surface area contributed by atoms with Crippen LogP contribution in [-0.4, -0.2) is 63.7 Å². The minimum absolute atomic E-state index is 0.0501. The van der Waals surface area contributed by atoms with Gasteiger partial charge >= 0.3 is 0 Å². The molecule has 1 saturated heterocycles. The molecule has 4 rings (SSSR count). The number of ether oxygens (including phenoxy) is 3. The molecule has 9 heteroatoms. The summed E-state index contributed by atoms with van der Waals surface area (Å²) in [5.74, 6) is 1.46.